The molecule has 2 fully saturated rings. The molecule has 4 heteroatoms. The van der Waals surface area contributed by atoms with Crippen LogP contribution in [0.1, 0.15) is 32.1 Å². The summed E-state index contributed by atoms with van der Waals surface area (Å²) in [5.74, 6) is -0.0733. The highest BCUT2D eigenvalue weighted by atomic mass is 16.2. The van der Waals surface area contributed by atoms with Gasteiger partial charge in [0.2, 0.25) is 5.91 Å². The predicted octanol–water partition coefficient (Wildman–Crippen LogP) is 0.775. The van der Waals surface area contributed by atoms with Crippen molar-refractivity contribution < 1.29 is 9.59 Å². The number of hydrogen-bond acceptors (Lipinski definition) is 2. The number of imide groups is 1. The molecule has 0 aromatic rings. The molecule has 0 bridgehead atoms. The summed E-state index contributed by atoms with van der Waals surface area (Å²) >= 11 is 0. The van der Waals surface area contributed by atoms with E-state index in [0.717, 1.165) is 25.7 Å². The molecule has 1 aliphatic carbocycles. The molecule has 1 heterocycles. The number of carbonyl (C=O) groups excluding carboxylic acids is 2. The third kappa shape index (κ3) is 1.66. The van der Waals surface area contributed by atoms with E-state index in [4.69, 9.17) is 0 Å². The molecule has 4 nitrogen and oxygen atoms in total. The first kappa shape index (κ1) is 8.53. The van der Waals surface area contributed by atoms with Crippen LogP contribution in [-0.4, -0.2) is 18.0 Å². The molecule has 2 unspecified atom stereocenters. The van der Waals surface area contributed by atoms with Crippen LogP contribution in [0.15, 0.2) is 0 Å². The van der Waals surface area contributed by atoms with Crippen LogP contribution < -0.4 is 10.6 Å². The van der Waals surface area contributed by atoms with Crippen molar-refractivity contribution in [2.45, 2.75) is 38.1 Å². The van der Waals surface area contributed by atoms with Crippen molar-refractivity contribution in [3.63, 3.8) is 0 Å². The topological polar surface area (TPSA) is 58.2 Å². The van der Waals surface area contributed by atoms with E-state index in [1.807, 2.05) is 0 Å². The van der Waals surface area contributed by atoms with Crippen LogP contribution in [0.25, 0.3) is 0 Å². The molecule has 2 aliphatic rings. The van der Waals surface area contributed by atoms with Gasteiger partial charge in [0, 0.05) is 6.04 Å². The van der Waals surface area contributed by atoms with Crippen LogP contribution in [0.4, 0.5) is 4.79 Å². The Hall–Kier alpha value is -1.06. The van der Waals surface area contributed by atoms with Crippen molar-refractivity contribution in [2.24, 2.45) is 5.92 Å². The molecule has 1 saturated heterocycles. The fourth-order valence-electron chi connectivity index (χ4n) is 2.20. The van der Waals surface area contributed by atoms with Gasteiger partial charge in [0.15, 0.2) is 0 Å². The summed E-state index contributed by atoms with van der Waals surface area (Å²) in [5.41, 5.74) is 0. The van der Waals surface area contributed by atoms with Gasteiger partial charge in [0.25, 0.3) is 0 Å². The lowest BCUT2D eigenvalue weighted by Crippen LogP contribution is -2.57. The van der Waals surface area contributed by atoms with Crippen molar-refractivity contribution in [3.05, 3.63) is 0 Å². The lowest BCUT2D eigenvalue weighted by Gasteiger charge is -2.29. The molecule has 72 valence electrons. The van der Waals surface area contributed by atoms with Gasteiger partial charge in [-0.05, 0) is 12.8 Å². The normalized spacial score (nSPS) is 34.2. The average molecular weight is 182 g/mol. The Morgan fingerprint density at radius 3 is 2.69 bits per heavy atom. The highest BCUT2D eigenvalue weighted by Gasteiger charge is 2.35. The second-order valence-corrected chi connectivity index (χ2v) is 3.81. The Morgan fingerprint density at radius 2 is 1.85 bits per heavy atom. The monoisotopic (exact) mass is 182 g/mol. The summed E-state index contributed by atoms with van der Waals surface area (Å²) in [7, 11) is 0. The molecule has 2 atom stereocenters. The van der Waals surface area contributed by atoms with Crippen molar-refractivity contribution in [1.29, 1.82) is 0 Å². The standard InChI is InChI=1S/C9H14N2O2/c12-8-6-4-2-1-3-5-7(6)10-9(13)11-8/h6-7H,1-5H2,(H2,10,11,12,13). The van der Waals surface area contributed by atoms with E-state index in [-0.39, 0.29) is 23.9 Å². The number of rotatable bonds is 0. The van der Waals surface area contributed by atoms with Gasteiger partial charge in [0.05, 0.1) is 5.92 Å². The number of fused-ring (bicyclic) bond motifs is 1. The highest BCUT2D eigenvalue weighted by molar-refractivity contribution is 5.98. The van der Waals surface area contributed by atoms with E-state index in [0.29, 0.717) is 0 Å². The maximum Gasteiger partial charge on any atom is 0.321 e. The molecule has 0 radical (unpaired) electrons. The van der Waals surface area contributed by atoms with E-state index < -0.39 is 0 Å². The van der Waals surface area contributed by atoms with E-state index in [1.165, 1.54) is 6.42 Å². The van der Waals surface area contributed by atoms with E-state index in [2.05, 4.69) is 10.6 Å². The van der Waals surface area contributed by atoms with Crippen molar-refractivity contribution in [3.8, 4) is 0 Å². The van der Waals surface area contributed by atoms with Gasteiger partial charge in [0.1, 0.15) is 0 Å². The molecular formula is C9H14N2O2. The van der Waals surface area contributed by atoms with E-state index in [9.17, 15) is 9.59 Å². The smallest absolute Gasteiger partial charge is 0.321 e. The van der Waals surface area contributed by atoms with Gasteiger partial charge in [-0.25, -0.2) is 4.79 Å². The first-order valence-electron chi connectivity index (χ1n) is 4.89. The minimum Gasteiger partial charge on any atom is -0.334 e. The zero-order valence-electron chi connectivity index (χ0n) is 7.51. The van der Waals surface area contributed by atoms with Crippen LogP contribution in [0.3, 0.4) is 0 Å². The molecule has 0 aromatic carbocycles. The maximum absolute atomic E-state index is 11.4. The van der Waals surface area contributed by atoms with Crippen molar-refractivity contribution in [2.75, 3.05) is 0 Å². The predicted molar refractivity (Wildman–Crippen MR) is 47.0 cm³/mol. The lowest BCUT2D eigenvalue weighted by molar-refractivity contribution is -0.126. The average Bonchev–Trinajstić information content (AvgIpc) is 2.28. The summed E-state index contributed by atoms with van der Waals surface area (Å²) < 4.78 is 0. The second kappa shape index (κ2) is 3.36. The van der Waals surface area contributed by atoms with Gasteiger partial charge >= 0.3 is 6.03 Å². The maximum atomic E-state index is 11.4. The minimum atomic E-state index is -0.326. The summed E-state index contributed by atoms with van der Waals surface area (Å²) in [6, 6.07) is -0.239. The molecule has 1 aliphatic heterocycles. The Labute approximate surface area is 77.1 Å². The lowest BCUT2D eigenvalue weighted by atomic mass is 9.92. The number of urea groups is 1. The van der Waals surface area contributed by atoms with Gasteiger partial charge in [-0.3, -0.25) is 10.1 Å². The summed E-state index contributed by atoms with van der Waals surface area (Å²) in [5, 5.41) is 5.14. The fourth-order valence-corrected chi connectivity index (χ4v) is 2.20. The summed E-state index contributed by atoms with van der Waals surface area (Å²) in [6.45, 7) is 0. The van der Waals surface area contributed by atoms with Gasteiger partial charge in [-0.2, -0.15) is 0 Å². The van der Waals surface area contributed by atoms with Gasteiger partial charge < -0.3 is 5.32 Å². The minimum absolute atomic E-state index is 0.0141. The Balaban J connectivity index is 2.11. The number of carbonyl (C=O) groups is 2. The molecule has 2 rings (SSSR count). The zero-order valence-corrected chi connectivity index (χ0v) is 7.51. The van der Waals surface area contributed by atoms with Gasteiger partial charge in [-0.15, -0.1) is 0 Å². The summed E-state index contributed by atoms with van der Waals surface area (Å²) in [6.07, 6.45) is 5.26. The van der Waals surface area contributed by atoms with Crippen LogP contribution in [0.5, 0.6) is 0 Å². The van der Waals surface area contributed by atoms with Gasteiger partial charge in [-0.1, -0.05) is 19.3 Å². The molecule has 13 heavy (non-hydrogen) atoms. The second-order valence-electron chi connectivity index (χ2n) is 3.81. The molecule has 0 spiro atoms. The molecular weight excluding hydrogens is 168 g/mol. The quantitative estimate of drug-likeness (QED) is 0.581. The molecule has 3 amide bonds. The van der Waals surface area contributed by atoms with Crippen LogP contribution in [0.2, 0.25) is 0 Å². The highest BCUT2D eigenvalue weighted by Crippen LogP contribution is 2.25. The Bertz CT molecular complexity index is 240. The molecule has 0 aromatic heterocycles. The first-order valence-corrected chi connectivity index (χ1v) is 4.89. The number of hydrogen-bond donors (Lipinski definition) is 2. The summed E-state index contributed by atoms with van der Waals surface area (Å²) in [4.78, 5) is 22.4. The SMILES string of the molecule is O=C1NC(=O)C2CCCCCC2N1. The number of amides is 3. The Morgan fingerprint density at radius 1 is 1.08 bits per heavy atom. The Kier molecular flexibility index (Phi) is 2.20. The van der Waals surface area contributed by atoms with Crippen LogP contribution in [-0.2, 0) is 4.79 Å². The molecule has 2 N–H and O–H groups in total. The van der Waals surface area contributed by atoms with Crippen LogP contribution >= 0.6 is 0 Å². The van der Waals surface area contributed by atoms with Crippen molar-refractivity contribution >= 4 is 11.9 Å². The molecule has 1 saturated carbocycles. The number of nitrogens with one attached hydrogen (secondary N) is 2. The largest absolute Gasteiger partial charge is 0.334 e. The van der Waals surface area contributed by atoms with E-state index >= 15 is 0 Å². The first-order chi connectivity index (χ1) is 6.27. The van der Waals surface area contributed by atoms with E-state index in [1.54, 1.807) is 0 Å². The third-order valence-corrected chi connectivity index (χ3v) is 2.91. The van der Waals surface area contributed by atoms with Crippen LogP contribution in [0, 0.1) is 5.92 Å². The fraction of sp³-hybridized carbons (Fsp3) is 0.778. The third-order valence-electron chi connectivity index (χ3n) is 2.91. The van der Waals surface area contributed by atoms with Crippen molar-refractivity contribution in [1.82, 2.24) is 10.6 Å². The zero-order chi connectivity index (χ0) is 9.26.